The molecule has 2 aliphatic rings. The molecule has 3 heteroatoms. The van der Waals surface area contributed by atoms with E-state index in [1.807, 2.05) is 0 Å². The largest absolute Gasteiger partial charge is 0.374 e. The quantitative estimate of drug-likeness (QED) is 0.689. The molecule has 2 unspecified atom stereocenters. The maximum atomic E-state index is 5.79. The fourth-order valence-electron chi connectivity index (χ4n) is 2.07. The Kier molecular flexibility index (Phi) is 2.86. The Labute approximate surface area is 80.4 Å². The third-order valence-corrected chi connectivity index (χ3v) is 3.19. The van der Waals surface area contributed by atoms with Crippen LogP contribution in [0.2, 0.25) is 0 Å². The second-order valence-corrected chi connectivity index (χ2v) is 4.40. The first-order valence-electron chi connectivity index (χ1n) is 5.32. The minimum absolute atomic E-state index is 0.484. The molecule has 2 rings (SSSR count). The Morgan fingerprint density at radius 2 is 2.15 bits per heavy atom. The Morgan fingerprint density at radius 3 is 2.62 bits per heavy atom. The van der Waals surface area contributed by atoms with Crippen molar-refractivity contribution in [2.45, 2.75) is 38.0 Å². The Bertz CT molecular complexity index is 170. The fraction of sp³-hybridized carbons (Fsp3) is 1.00. The van der Waals surface area contributed by atoms with Gasteiger partial charge >= 0.3 is 0 Å². The van der Waals surface area contributed by atoms with E-state index < -0.39 is 0 Å². The second kappa shape index (κ2) is 3.95. The van der Waals surface area contributed by atoms with Gasteiger partial charge in [0.05, 0.1) is 12.2 Å². The van der Waals surface area contributed by atoms with Crippen LogP contribution >= 0.6 is 0 Å². The van der Waals surface area contributed by atoms with Crippen molar-refractivity contribution in [3.8, 4) is 0 Å². The van der Waals surface area contributed by atoms with Crippen LogP contribution in [0.15, 0.2) is 0 Å². The molecule has 2 fully saturated rings. The van der Waals surface area contributed by atoms with Crippen LogP contribution in [0, 0.1) is 0 Å². The summed E-state index contributed by atoms with van der Waals surface area (Å²) in [4.78, 5) is 2.43. The van der Waals surface area contributed by atoms with Crippen molar-refractivity contribution in [2.75, 3.05) is 26.7 Å². The van der Waals surface area contributed by atoms with Crippen LogP contribution < -0.4 is 5.32 Å². The van der Waals surface area contributed by atoms with E-state index in [1.165, 1.54) is 12.8 Å². The average Bonchev–Trinajstić information content (AvgIpc) is 2.31. The first-order valence-corrected chi connectivity index (χ1v) is 5.32. The summed E-state index contributed by atoms with van der Waals surface area (Å²) >= 11 is 0. The molecule has 2 saturated heterocycles. The van der Waals surface area contributed by atoms with Crippen LogP contribution in [-0.2, 0) is 4.74 Å². The van der Waals surface area contributed by atoms with Crippen molar-refractivity contribution in [3.05, 3.63) is 0 Å². The lowest BCUT2D eigenvalue weighted by Crippen LogP contribution is -2.57. The fourth-order valence-corrected chi connectivity index (χ4v) is 2.07. The minimum atomic E-state index is 0.484. The highest BCUT2D eigenvalue weighted by molar-refractivity contribution is 4.85. The molecule has 2 aliphatic heterocycles. The highest BCUT2D eigenvalue weighted by Gasteiger charge is 2.27. The molecule has 76 valence electrons. The normalized spacial score (nSPS) is 35.3. The Morgan fingerprint density at radius 1 is 1.38 bits per heavy atom. The number of nitrogens with one attached hydrogen (secondary N) is 1. The summed E-state index contributed by atoms with van der Waals surface area (Å²) in [5.41, 5.74) is 0. The van der Waals surface area contributed by atoms with Gasteiger partial charge in [0.25, 0.3) is 0 Å². The lowest BCUT2D eigenvalue weighted by atomic mass is 10.1. The lowest BCUT2D eigenvalue weighted by Gasteiger charge is -2.36. The van der Waals surface area contributed by atoms with Gasteiger partial charge in [0.1, 0.15) is 0 Å². The van der Waals surface area contributed by atoms with Crippen LogP contribution in [0.1, 0.15) is 19.8 Å². The standard InChI is InChI=1S/C10H20N2O/c1-8-3-4-10(13-8)7-12(2)9-5-11-6-9/h8-11H,3-7H2,1-2H3. The van der Waals surface area contributed by atoms with E-state index in [9.17, 15) is 0 Å². The van der Waals surface area contributed by atoms with Gasteiger partial charge in [-0.1, -0.05) is 0 Å². The van der Waals surface area contributed by atoms with Crippen LogP contribution in [0.4, 0.5) is 0 Å². The van der Waals surface area contributed by atoms with E-state index in [1.54, 1.807) is 0 Å². The van der Waals surface area contributed by atoms with E-state index in [2.05, 4.69) is 24.2 Å². The van der Waals surface area contributed by atoms with Gasteiger partial charge in [-0.05, 0) is 26.8 Å². The molecule has 13 heavy (non-hydrogen) atoms. The molecule has 0 amide bonds. The summed E-state index contributed by atoms with van der Waals surface area (Å²) in [6.45, 7) is 5.58. The molecule has 0 bridgehead atoms. The van der Waals surface area contributed by atoms with E-state index in [0.717, 1.165) is 25.7 Å². The van der Waals surface area contributed by atoms with Gasteiger partial charge in [-0.3, -0.25) is 4.90 Å². The molecule has 2 atom stereocenters. The van der Waals surface area contributed by atoms with Crippen LogP contribution in [0.25, 0.3) is 0 Å². The van der Waals surface area contributed by atoms with Gasteiger partial charge < -0.3 is 10.1 Å². The summed E-state index contributed by atoms with van der Waals surface area (Å²) in [7, 11) is 2.21. The van der Waals surface area contributed by atoms with Crippen molar-refractivity contribution >= 4 is 0 Å². The molecule has 0 aromatic carbocycles. The summed E-state index contributed by atoms with van der Waals surface area (Å²) in [6, 6.07) is 0.750. The summed E-state index contributed by atoms with van der Waals surface area (Å²) < 4.78 is 5.79. The smallest absolute Gasteiger partial charge is 0.0706 e. The topological polar surface area (TPSA) is 24.5 Å². The molecule has 0 spiro atoms. The number of nitrogens with zero attached hydrogens (tertiary/aromatic N) is 1. The van der Waals surface area contributed by atoms with Gasteiger partial charge in [0.15, 0.2) is 0 Å². The summed E-state index contributed by atoms with van der Waals surface area (Å²) in [6.07, 6.45) is 3.45. The highest BCUT2D eigenvalue weighted by atomic mass is 16.5. The molecule has 3 nitrogen and oxygen atoms in total. The lowest BCUT2D eigenvalue weighted by molar-refractivity contribution is 0.0227. The Balaban J connectivity index is 1.71. The third kappa shape index (κ3) is 2.22. The van der Waals surface area contributed by atoms with Gasteiger partial charge in [0.2, 0.25) is 0 Å². The molecule has 0 aromatic rings. The zero-order chi connectivity index (χ0) is 9.26. The van der Waals surface area contributed by atoms with Gasteiger partial charge in [-0.2, -0.15) is 0 Å². The van der Waals surface area contributed by atoms with E-state index in [4.69, 9.17) is 4.74 Å². The van der Waals surface area contributed by atoms with Gasteiger partial charge in [-0.15, -0.1) is 0 Å². The van der Waals surface area contributed by atoms with Crippen LogP contribution in [-0.4, -0.2) is 49.8 Å². The number of hydrogen-bond acceptors (Lipinski definition) is 3. The summed E-state index contributed by atoms with van der Waals surface area (Å²) in [5, 5.41) is 3.29. The SMILES string of the molecule is CC1CCC(CN(C)C2CNC2)O1. The monoisotopic (exact) mass is 184 g/mol. The van der Waals surface area contributed by atoms with Gasteiger partial charge in [-0.25, -0.2) is 0 Å². The van der Waals surface area contributed by atoms with E-state index in [-0.39, 0.29) is 0 Å². The van der Waals surface area contributed by atoms with E-state index in [0.29, 0.717) is 12.2 Å². The molecular formula is C10H20N2O. The maximum absolute atomic E-state index is 5.79. The second-order valence-electron chi connectivity index (χ2n) is 4.40. The number of ether oxygens (including phenoxy) is 1. The predicted octanol–water partition coefficient (Wildman–Crippen LogP) is 0.457. The zero-order valence-electron chi connectivity index (χ0n) is 8.62. The third-order valence-electron chi connectivity index (χ3n) is 3.19. The molecule has 0 aromatic heterocycles. The summed E-state index contributed by atoms with van der Waals surface area (Å²) in [5.74, 6) is 0. The van der Waals surface area contributed by atoms with Crippen LogP contribution in [0.5, 0.6) is 0 Å². The molecular weight excluding hydrogens is 164 g/mol. The van der Waals surface area contributed by atoms with Crippen molar-refractivity contribution in [1.29, 1.82) is 0 Å². The molecule has 1 N–H and O–H groups in total. The number of likely N-dealkylation sites (N-methyl/N-ethyl adjacent to an activating group) is 1. The van der Waals surface area contributed by atoms with Crippen molar-refractivity contribution in [1.82, 2.24) is 10.2 Å². The minimum Gasteiger partial charge on any atom is -0.374 e. The van der Waals surface area contributed by atoms with E-state index >= 15 is 0 Å². The Hall–Kier alpha value is -0.120. The molecule has 0 radical (unpaired) electrons. The predicted molar refractivity (Wildman–Crippen MR) is 52.9 cm³/mol. The number of hydrogen-bond donors (Lipinski definition) is 1. The first kappa shape index (κ1) is 9.44. The highest BCUT2D eigenvalue weighted by Crippen LogP contribution is 2.20. The van der Waals surface area contributed by atoms with Crippen molar-refractivity contribution in [3.63, 3.8) is 0 Å². The average molecular weight is 184 g/mol. The molecule has 0 saturated carbocycles. The number of rotatable bonds is 3. The molecule has 2 heterocycles. The van der Waals surface area contributed by atoms with Gasteiger partial charge in [0, 0.05) is 25.7 Å². The maximum Gasteiger partial charge on any atom is 0.0706 e. The molecule has 0 aliphatic carbocycles. The zero-order valence-corrected chi connectivity index (χ0v) is 8.62. The van der Waals surface area contributed by atoms with Crippen molar-refractivity contribution in [2.24, 2.45) is 0 Å². The van der Waals surface area contributed by atoms with Crippen molar-refractivity contribution < 1.29 is 4.74 Å². The van der Waals surface area contributed by atoms with Crippen LogP contribution in [0.3, 0.4) is 0 Å². The first-order chi connectivity index (χ1) is 6.25.